The number of para-hydroxylation sites is 1. The number of carbonyl (C=O) groups is 1. The SMILES string of the molecule is CC(C)(OC(=O)COc1ccccc1)C1CCCCC1. The van der Waals surface area contributed by atoms with Crippen LogP contribution in [0.15, 0.2) is 30.3 Å². The lowest BCUT2D eigenvalue weighted by atomic mass is 9.79. The highest BCUT2D eigenvalue weighted by atomic mass is 16.6. The molecule has 1 aromatic rings. The van der Waals surface area contributed by atoms with Crippen LogP contribution in [0.2, 0.25) is 0 Å². The van der Waals surface area contributed by atoms with E-state index in [-0.39, 0.29) is 12.6 Å². The van der Waals surface area contributed by atoms with Gasteiger partial charge in [0.1, 0.15) is 11.4 Å². The lowest BCUT2D eigenvalue weighted by Gasteiger charge is -2.36. The topological polar surface area (TPSA) is 35.5 Å². The molecule has 20 heavy (non-hydrogen) atoms. The molecule has 1 fully saturated rings. The van der Waals surface area contributed by atoms with E-state index >= 15 is 0 Å². The van der Waals surface area contributed by atoms with E-state index < -0.39 is 5.60 Å². The Hall–Kier alpha value is -1.51. The van der Waals surface area contributed by atoms with Crippen LogP contribution in [0.1, 0.15) is 46.0 Å². The lowest BCUT2D eigenvalue weighted by molar-refractivity contribution is -0.165. The minimum Gasteiger partial charge on any atom is -0.482 e. The van der Waals surface area contributed by atoms with Crippen molar-refractivity contribution in [2.75, 3.05) is 6.61 Å². The summed E-state index contributed by atoms with van der Waals surface area (Å²) >= 11 is 0. The van der Waals surface area contributed by atoms with Gasteiger partial charge in [-0.2, -0.15) is 0 Å². The molecule has 1 saturated carbocycles. The quantitative estimate of drug-likeness (QED) is 0.763. The summed E-state index contributed by atoms with van der Waals surface area (Å²) < 4.78 is 11.1. The molecule has 0 aliphatic heterocycles. The van der Waals surface area contributed by atoms with Gasteiger partial charge in [0, 0.05) is 0 Å². The van der Waals surface area contributed by atoms with E-state index in [0.29, 0.717) is 11.7 Å². The molecular formula is C17H24O3. The first-order valence-electron chi connectivity index (χ1n) is 7.47. The Balaban J connectivity index is 1.80. The Morgan fingerprint density at radius 1 is 1.15 bits per heavy atom. The number of carbonyl (C=O) groups excluding carboxylic acids is 1. The Bertz CT molecular complexity index is 419. The molecule has 1 aromatic carbocycles. The molecule has 0 unspecified atom stereocenters. The number of rotatable bonds is 5. The van der Waals surface area contributed by atoms with Crippen LogP contribution in [-0.2, 0) is 9.53 Å². The third kappa shape index (κ3) is 4.26. The highest BCUT2D eigenvalue weighted by Crippen LogP contribution is 2.34. The molecule has 0 N–H and O–H groups in total. The molecule has 3 nitrogen and oxygen atoms in total. The molecular weight excluding hydrogens is 252 g/mol. The van der Waals surface area contributed by atoms with Gasteiger partial charge in [0.05, 0.1) is 0 Å². The predicted molar refractivity (Wildman–Crippen MR) is 78.7 cm³/mol. The molecule has 110 valence electrons. The van der Waals surface area contributed by atoms with Crippen molar-refractivity contribution in [3.8, 4) is 5.75 Å². The van der Waals surface area contributed by atoms with E-state index in [1.165, 1.54) is 19.3 Å². The van der Waals surface area contributed by atoms with E-state index in [1.807, 2.05) is 44.2 Å². The second-order valence-electron chi connectivity index (χ2n) is 6.01. The molecule has 0 radical (unpaired) electrons. The van der Waals surface area contributed by atoms with Crippen LogP contribution in [0.5, 0.6) is 5.75 Å². The maximum atomic E-state index is 11.9. The molecule has 0 amide bonds. The summed E-state index contributed by atoms with van der Waals surface area (Å²) in [6.45, 7) is 4.01. The van der Waals surface area contributed by atoms with Crippen LogP contribution in [0.3, 0.4) is 0 Å². The Kier molecular flexibility index (Phi) is 5.05. The third-order valence-electron chi connectivity index (χ3n) is 4.07. The van der Waals surface area contributed by atoms with Gasteiger partial charge in [0.2, 0.25) is 0 Å². The van der Waals surface area contributed by atoms with Crippen molar-refractivity contribution in [1.82, 2.24) is 0 Å². The van der Waals surface area contributed by atoms with E-state index in [0.717, 1.165) is 12.8 Å². The average Bonchev–Trinajstić information content (AvgIpc) is 2.47. The van der Waals surface area contributed by atoms with Crippen molar-refractivity contribution in [1.29, 1.82) is 0 Å². The van der Waals surface area contributed by atoms with Crippen LogP contribution >= 0.6 is 0 Å². The first kappa shape index (κ1) is 14.9. The van der Waals surface area contributed by atoms with E-state index in [4.69, 9.17) is 9.47 Å². The Morgan fingerprint density at radius 2 is 1.80 bits per heavy atom. The van der Waals surface area contributed by atoms with Crippen LogP contribution in [0.4, 0.5) is 0 Å². The minimum atomic E-state index is -0.391. The van der Waals surface area contributed by atoms with Crippen LogP contribution in [0, 0.1) is 5.92 Å². The Morgan fingerprint density at radius 3 is 2.45 bits per heavy atom. The van der Waals surface area contributed by atoms with Crippen molar-refractivity contribution in [3.05, 3.63) is 30.3 Å². The summed E-state index contributed by atoms with van der Waals surface area (Å²) in [5, 5.41) is 0. The van der Waals surface area contributed by atoms with Crippen LogP contribution in [-0.4, -0.2) is 18.2 Å². The zero-order chi connectivity index (χ0) is 14.4. The van der Waals surface area contributed by atoms with E-state index in [9.17, 15) is 4.79 Å². The number of esters is 1. The van der Waals surface area contributed by atoms with Crippen molar-refractivity contribution in [3.63, 3.8) is 0 Å². The minimum absolute atomic E-state index is 0.0276. The summed E-state index contributed by atoms with van der Waals surface area (Å²) in [5.74, 6) is 0.876. The number of hydrogen-bond donors (Lipinski definition) is 0. The predicted octanol–water partition coefficient (Wildman–Crippen LogP) is 3.97. The first-order chi connectivity index (χ1) is 9.58. The van der Waals surface area contributed by atoms with Gasteiger partial charge in [0.15, 0.2) is 6.61 Å². The van der Waals surface area contributed by atoms with Crippen molar-refractivity contribution in [2.45, 2.75) is 51.6 Å². The van der Waals surface area contributed by atoms with E-state index in [1.54, 1.807) is 0 Å². The highest BCUT2D eigenvalue weighted by molar-refractivity contribution is 5.71. The largest absolute Gasteiger partial charge is 0.482 e. The lowest BCUT2D eigenvalue weighted by Crippen LogP contribution is -2.39. The molecule has 0 atom stereocenters. The Labute approximate surface area is 121 Å². The van der Waals surface area contributed by atoms with Crippen molar-refractivity contribution in [2.24, 2.45) is 5.92 Å². The molecule has 0 bridgehead atoms. The van der Waals surface area contributed by atoms with Gasteiger partial charge >= 0.3 is 5.97 Å². The maximum Gasteiger partial charge on any atom is 0.344 e. The number of hydrogen-bond acceptors (Lipinski definition) is 3. The molecule has 0 saturated heterocycles. The fourth-order valence-corrected chi connectivity index (χ4v) is 2.86. The summed E-state index contributed by atoms with van der Waals surface area (Å²) in [7, 11) is 0. The van der Waals surface area contributed by atoms with Gasteiger partial charge < -0.3 is 9.47 Å². The molecule has 0 spiro atoms. The number of ether oxygens (including phenoxy) is 2. The highest BCUT2D eigenvalue weighted by Gasteiger charge is 2.34. The standard InChI is InChI=1S/C17H24O3/c1-17(2,14-9-5-3-6-10-14)20-16(18)13-19-15-11-7-4-8-12-15/h4,7-8,11-12,14H,3,5-6,9-10,13H2,1-2H3. The molecule has 1 aliphatic carbocycles. The van der Waals surface area contributed by atoms with Gasteiger partial charge in [-0.3, -0.25) is 0 Å². The zero-order valence-corrected chi connectivity index (χ0v) is 12.4. The third-order valence-corrected chi connectivity index (χ3v) is 4.07. The smallest absolute Gasteiger partial charge is 0.344 e. The molecule has 0 heterocycles. The second kappa shape index (κ2) is 6.78. The van der Waals surface area contributed by atoms with Gasteiger partial charge in [0.25, 0.3) is 0 Å². The summed E-state index contributed by atoms with van der Waals surface area (Å²) in [4.78, 5) is 11.9. The van der Waals surface area contributed by atoms with Crippen molar-refractivity contribution >= 4 is 5.97 Å². The van der Waals surface area contributed by atoms with E-state index in [2.05, 4.69) is 0 Å². The summed E-state index contributed by atoms with van der Waals surface area (Å²) in [6, 6.07) is 9.34. The van der Waals surface area contributed by atoms with Crippen molar-refractivity contribution < 1.29 is 14.3 Å². The van der Waals surface area contributed by atoms with Gasteiger partial charge in [-0.15, -0.1) is 0 Å². The van der Waals surface area contributed by atoms with Gasteiger partial charge in [-0.25, -0.2) is 4.79 Å². The van der Waals surface area contributed by atoms with Gasteiger partial charge in [-0.1, -0.05) is 37.5 Å². The van der Waals surface area contributed by atoms with Crippen LogP contribution in [0.25, 0.3) is 0 Å². The molecule has 3 heteroatoms. The normalized spacial score (nSPS) is 16.7. The zero-order valence-electron chi connectivity index (χ0n) is 12.4. The molecule has 0 aromatic heterocycles. The average molecular weight is 276 g/mol. The summed E-state index contributed by atoms with van der Waals surface area (Å²) in [5.41, 5.74) is -0.391. The fraction of sp³-hybridized carbons (Fsp3) is 0.588. The fourth-order valence-electron chi connectivity index (χ4n) is 2.86. The molecule has 2 rings (SSSR count). The van der Waals surface area contributed by atoms with Gasteiger partial charge in [-0.05, 0) is 44.7 Å². The molecule has 1 aliphatic rings. The monoisotopic (exact) mass is 276 g/mol. The number of benzene rings is 1. The first-order valence-corrected chi connectivity index (χ1v) is 7.47. The summed E-state index contributed by atoms with van der Waals surface area (Å²) in [6.07, 6.45) is 6.09. The second-order valence-corrected chi connectivity index (χ2v) is 6.01. The van der Waals surface area contributed by atoms with Crippen LogP contribution < -0.4 is 4.74 Å². The maximum absolute atomic E-state index is 11.9.